The summed E-state index contributed by atoms with van der Waals surface area (Å²) in [6.45, 7) is 10.9. The molecular formula is C43H84N2O4. The quantitative estimate of drug-likeness (QED) is 0.0371. The molecule has 0 aliphatic heterocycles. The third kappa shape index (κ3) is 27.9. The van der Waals surface area contributed by atoms with Crippen LogP contribution in [-0.4, -0.2) is 48.0 Å². The minimum Gasteiger partial charge on any atom is -0.465 e. The van der Waals surface area contributed by atoms with Crippen molar-refractivity contribution in [3.05, 3.63) is 0 Å². The van der Waals surface area contributed by atoms with Gasteiger partial charge in [-0.15, -0.1) is 0 Å². The van der Waals surface area contributed by atoms with E-state index in [2.05, 4.69) is 13.8 Å². The monoisotopic (exact) mass is 693 g/mol. The number of hydrogen-bond acceptors (Lipinski definition) is 5. The van der Waals surface area contributed by atoms with Gasteiger partial charge in [-0.3, -0.25) is 14.4 Å². The maximum absolute atomic E-state index is 13.5. The average Bonchev–Trinajstić information content (AvgIpc) is 3.08. The van der Waals surface area contributed by atoms with Crippen LogP contribution >= 0.6 is 0 Å². The first-order valence-corrected chi connectivity index (χ1v) is 21.5. The van der Waals surface area contributed by atoms with Crippen LogP contribution in [0.15, 0.2) is 0 Å². The number of imide groups is 1. The molecule has 49 heavy (non-hydrogen) atoms. The topological polar surface area (TPSA) is 66.9 Å². The minimum atomic E-state index is -0.383. The number of rotatable bonds is 36. The Balaban J connectivity index is 4.09. The molecule has 2 unspecified atom stereocenters. The maximum Gasteiger partial charge on any atom is 0.308 e. The third-order valence-corrected chi connectivity index (χ3v) is 10.3. The lowest BCUT2D eigenvalue weighted by molar-refractivity contribution is -0.164. The summed E-state index contributed by atoms with van der Waals surface area (Å²) in [4.78, 5) is 38.7. The molecule has 6 heteroatoms. The fourth-order valence-corrected chi connectivity index (χ4v) is 6.95. The predicted octanol–water partition coefficient (Wildman–Crippen LogP) is 12.8. The molecule has 0 rings (SSSR count). The Kier molecular flexibility index (Phi) is 34.0. The summed E-state index contributed by atoms with van der Waals surface area (Å²) in [5.74, 6) is -1.44. The fraction of sp³-hybridized carbons (Fsp3) is 0.930. The van der Waals surface area contributed by atoms with E-state index >= 15 is 0 Å². The van der Waals surface area contributed by atoms with Crippen molar-refractivity contribution in [1.82, 2.24) is 10.0 Å². The van der Waals surface area contributed by atoms with Crippen LogP contribution in [0.2, 0.25) is 0 Å². The lowest BCUT2D eigenvalue weighted by Crippen LogP contribution is -2.50. The van der Waals surface area contributed by atoms with Crippen LogP contribution < -0.4 is 0 Å². The van der Waals surface area contributed by atoms with Crippen molar-refractivity contribution >= 4 is 17.8 Å². The number of nitrogens with zero attached hydrogens (tertiary/aromatic N) is 2. The molecule has 0 aliphatic rings. The highest BCUT2D eigenvalue weighted by atomic mass is 16.5. The standard InChI is InChI=1S/C43H84N2O4/c1-7-10-12-14-16-18-20-22-23-24-25-27-29-31-33-35-37-49-43(48)39(4)38-41(9-3)42(47)45(40(5)46)44(6)36-34-32-30-28-26-21-19-17-15-13-11-8-2/h39,41H,7-38H2,1-6H3. The van der Waals surface area contributed by atoms with E-state index in [0.29, 0.717) is 26.0 Å². The summed E-state index contributed by atoms with van der Waals surface area (Å²) >= 11 is 0. The van der Waals surface area contributed by atoms with E-state index in [0.717, 1.165) is 25.7 Å². The van der Waals surface area contributed by atoms with E-state index in [4.69, 9.17) is 4.74 Å². The Morgan fingerprint density at radius 3 is 1.22 bits per heavy atom. The largest absolute Gasteiger partial charge is 0.465 e. The third-order valence-electron chi connectivity index (χ3n) is 10.3. The van der Waals surface area contributed by atoms with Gasteiger partial charge in [0.15, 0.2) is 0 Å². The van der Waals surface area contributed by atoms with Crippen molar-refractivity contribution < 1.29 is 19.1 Å². The van der Waals surface area contributed by atoms with Gasteiger partial charge in [0, 0.05) is 26.4 Å². The van der Waals surface area contributed by atoms with Gasteiger partial charge in [-0.05, 0) is 25.7 Å². The second-order valence-electron chi connectivity index (χ2n) is 15.2. The number of unbranched alkanes of at least 4 members (excludes halogenated alkanes) is 26. The molecule has 0 aromatic heterocycles. The normalized spacial score (nSPS) is 12.7. The van der Waals surface area contributed by atoms with Gasteiger partial charge in [0.1, 0.15) is 0 Å². The molecule has 0 fully saturated rings. The summed E-state index contributed by atoms with van der Waals surface area (Å²) in [6, 6.07) is 0. The predicted molar refractivity (Wildman–Crippen MR) is 209 cm³/mol. The molecule has 0 aromatic carbocycles. The van der Waals surface area contributed by atoms with Crippen LogP contribution in [0.3, 0.4) is 0 Å². The Morgan fingerprint density at radius 2 is 0.878 bits per heavy atom. The number of carbonyl (C=O) groups is 3. The van der Waals surface area contributed by atoms with E-state index < -0.39 is 0 Å². The van der Waals surface area contributed by atoms with Gasteiger partial charge in [-0.25, -0.2) is 10.0 Å². The molecule has 290 valence electrons. The lowest BCUT2D eigenvalue weighted by Gasteiger charge is -2.32. The Labute approximate surface area is 305 Å². The van der Waals surface area contributed by atoms with Crippen molar-refractivity contribution in [3.8, 4) is 0 Å². The van der Waals surface area contributed by atoms with Crippen molar-refractivity contribution in [2.75, 3.05) is 20.2 Å². The van der Waals surface area contributed by atoms with Gasteiger partial charge in [0.05, 0.1) is 12.5 Å². The van der Waals surface area contributed by atoms with Gasteiger partial charge in [0.2, 0.25) is 11.8 Å². The maximum atomic E-state index is 13.5. The van der Waals surface area contributed by atoms with Gasteiger partial charge in [-0.1, -0.05) is 195 Å². The first-order chi connectivity index (χ1) is 23.8. The highest BCUT2D eigenvalue weighted by molar-refractivity contribution is 5.94. The molecular weight excluding hydrogens is 608 g/mol. The second-order valence-corrected chi connectivity index (χ2v) is 15.2. The zero-order chi connectivity index (χ0) is 36.4. The van der Waals surface area contributed by atoms with Crippen LogP contribution in [0, 0.1) is 11.8 Å². The highest BCUT2D eigenvalue weighted by Gasteiger charge is 2.31. The van der Waals surface area contributed by atoms with Crippen LogP contribution in [0.1, 0.15) is 227 Å². The Morgan fingerprint density at radius 1 is 0.531 bits per heavy atom. The minimum absolute atomic E-state index is 0.200. The van der Waals surface area contributed by atoms with Crippen molar-refractivity contribution in [3.63, 3.8) is 0 Å². The smallest absolute Gasteiger partial charge is 0.308 e. The molecule has 0 radical (unpaired) electrons. The SMILES string of the molecule is CCCCCCCCCCCCCCCCCCOC(=O)C(C)CC(CC)C(=O)N(C(C)=O)N(C)CCCCCCCCCCCCCC. The zero-order valence-corrected chi connectivity index (χ0v) is 33.8. The molecule has 0 heterocycles. The number of hydrazine groups is 1. The van der Waals surface area contributed by atoms with Gasteiger partial charge in [0.25, 0.3) is 0 Å². The lowest BCUT2D eigenvalue weighted by atomic mass is 9.92. The Hall–Kier alpha value is -1.43. The zero-order valence-electron chi connectivity index (χ0n) is 33.8. The van der Waals surface area contributed by atoms with Crippen molar-refractivity contribution in [2.45, 2.75) is 227 Å². The molecule has 2 amide bonds. The molecule has 0 bridgehead atoms. The van der Waals surface area contributed by atoms with Crippen LogP contribution in [0.25, 0.3) is 0 Å². The summed E-state index contributed by atoms with van der Waals surface area (Å²) in [5.41, 5.74) is 0. The first kappa shape index (κ1) is 47.6. The van der Waals surface area contributed by atoms with Crippen LogP contribution in [-0.2, 0) is 19.1 Å². The second kappa shape index (κ2) is 35.0. The number of amides is 2. The van der Waals surface area contributed by atoms with E-state index in [9.17, 15) is 14.4 Å². The van der Waals surface area contributed by atoms with Gasteiger partial charge in [-0.2, -0.15) is 0 Å². The van der Waals surface area contributed by atoms with E-state index in [1.165, 1.54) is 166 Å². The van der Waals surface area contributed by atoms with Gasteiger partial charge < -0.3 is 4.74 Å². The molecule has 0 aromatic rings. The average molecular weight is 693 g/mol. The summed E-state index contributed by atoms with van der Waals surface area (Å²) < 4.78 is 5.59. The number of ether oxygens (including phenoxy) is 1. The summed E-state index contributed by atoms with van der Waals surface area (Å²) in [7, 11) is 1.83. The van der Waals surface area contributed by atoms with Crippen LogP contribution in [0.4, 0.5) is 0 Å². The highest BCUT2D eigenvalue weighted by Crippen LogP contribution is 2.22. The number of esters is 1. The van der Waals surface area contributed by atoms with Crippen molar-refractivity contribution in [2.24, 2.45) is 11.8 Å². The summed E-state index contributed by atoms with van der Waals surface area (Å²) in [5, 5.41) is 3.09. The molecule has 6 nitrogen and oxygen atoms in total. The summed E-state index contributed by atoms with van der Waals surface area (Å²) in [6.07, 6.45) is 37.4. The Bertz CT molecular complexity index is 773. The first-order valence-electron chi connectivity index (χ1n) is 21.5. The van der Waals surface area contributed by atoms with Crippen molar-refractivity contribution in [1.29, 1.82) is 0 Å². The van der Waals surface area contributed by atoms with Crippen LogP contribution in [0.5, 0.6) is 0 Å². The molecule has 0 spiro atoms. The van der Waals surface area contributed by atoms with Gasteiger partial charge >= 0.3 is 5.97 Å². The molecule has 2 atom stereocenters. The van der Waals surface area contributed by atoms with E-state index in [-0.39, 0.29) is 29.6 Å². The molecule has 0 saturated carbocycles. The molecule has 0 N–H and O–H groups in total. The van der Waals surface area contributed by atoms with E-state index in [1.807, 2.05) is 20.9 Å². The number of hydrogen-bond donors (Lipinski definition) is 0. The molecule has 0 aliphatic carbocycles. The fourth-order valence-electron chi connectivity index (χ4n) is 6.95. The van der Waals surface area contributed by atoms with E-state index in [1.54, 1.807) is 5.01 Å². The molecule has 0 saturated heterocycles. The number of carbonyl (C=O) groups excluding carboxylic acids is 3.